The number of thiazole rings is 1. The van der Waals surface area contributed by atoms with E-state index in [0.717, 1.165) is 12.1 Å². The first-order valence-corrected chi connectivity index (χ1v) is 7.08. The first kappa shape index (κ1) is 13.2. The quantitative estimate of drug-likeness (QED) is 0.909. The summed E-state index contributed by atoms with van der Waals surface area (Å²) in [4.78, 5) is 5.95. The Morgan fingerprint density at radius 1 is 1.28 bits per heavy atom. The van der Waals surface area contributed by atoms with Gasteiger partial charge in [0.25, 0.3) is 0 Å². The molecule has 1 aromatic heterocycles. The van der Waals surface area contributed by atoms with Crippen molar-refractivity contribution in [2.75, 3.05) is 7.05 Å². The third kappa shape index (κ3) is 2.98. The van der Waals surface area contributed by atoms with E-state index in [4.69, 9.17) is 0 Å². The lowest BCUT2D eigenvalue weighted by Crippen LogP contribution is -2.18. The Labute approximate surface area is 113 Å². The lowest BCUT2D eigenvalue weighted by molar-refractivity contribution is 0.589. The molecule has 18 heavy (non-hydrogen) atoms. The zero-order valence-corrected chi connectivity index (χ0v) is 12.3. The number of nitrogens with one attached hydrogen (secondary N) is 1. The molecule has 0 saturated heterocycles. The van der Waals surface area contributed by atoms with Gasteiger partial charge in [0.15, 0.2) is 0 Å². The topological polar surface area (TPSA) is 24.9 Å². The van der Waals surface area contributed by atoms with E-state index in [0.29, 0.717) is 6.04 Å². The standard InChI is InChI=1S/C15H20N2S/c1-10-6-5-7-13(8-10)14(16-4)9-15-17-11(2)12(3)18-15/h5-8,14,16H,9H2,1-4H3. The number of hydrogen-bond donors (Lipinski definition) is 1. The highest BCUT2D eigenvalue weighted by Gasteiger charge is 2.13. The average molecular weight is 260 g/mol. The molecule has 2 nitrogen and oxygen atoms in total. The van der Waals surface area contributed by atoms with Crippen LogP contribution in [0.5, 0.6) is 0 Å². The van der Waals surface area contributed by atoms with Crippen LogP contribution in [-0.2, 0) is 6.42 Å². The Kier molecular flexibility index (Phi) is 4.15. The van der Waals surface area contributed by atoms with Gasteiger partial charge in [-0.15, -0.1) is 11.3 Å². The summed E-state index contributed by atoms with van der Waals surface area (Å²) >= 11 is 1.81. The number of rotatable bonds is 4. The number of nitrogens with zero attached hydrogens (tertiary/aromatic N) is 1. The first-order chi connectivity index (χ1) is 8.60. The molecular weight excluding hydrogens is 240 g/mol. The lowest BCUT2D eigenvalue weighted by atomic mass is 10.0. The molecule has 3 heteroatoms. The van der Waals surface area contributed by atoms with Crippen LogP contribution in [-0.4, -0.2) is 12.0 Å². The molecule has 0 bridgehead atoms. The molecule has 2 aromatic rings. The molecule has 0 aliphatic heterocycles. The maximum absolute atomic E-state index is 4.62. The minimum absolute atomic E-state index is 0.342. The van der Waals surface area contributed by atoms with E-state index in [-0.39, 0.29) is 0 Å². The maximum atomic E-state index is 4.62. The smallest absolute Gasteiger partial charge is 0.0949 e. The van der Waals surface area contributed by atoms with Crippen molar-refractivity contribution in [2.24, 2.45) is 0 Å². The molecule has 0 amide bonds. The molecule has 2 rings (SSSR count). The molecule has 1 unspecified atom stereocenters. The van der Waals surface area contributed by atoms with Gasteiger partial charge < -0.3 is 5.32 Å². The van der Waals surface area contributed by atoms with Crippen LogP contribution < -0.4 is 5.32 Å². The highest BCUT2D eigenvalue weighted by molar-refractivity contribution is 7.11. The average Bonchev–Trinajstić information content (AvgIpc) is 2.65. The Morgan fingerprint density at radius 2 is 2.06 bits per heavy atom. The van der Waals surface area contributed by atoms with Crippen molar-refractivity contribution in [1.82, 2.24) is 10.3 Å². The van der Waals surface area contributed by atoms with Crippen molar-refractivity contribution in [1.29, 1.82) is 0 Å². The monoisotopic (exact) mass is 260 g/mol. The van der Waals surface area contributed by atoms with Crippen LogP contribution in [0.15, 0.2) is 24.3 Å². The number of aromatic nitrogens is 1. The van der Waals surface area contributed by atoms with Crippen LogP contribution in [0.25, 0.3) is 0 Å². The van der Waals surface area contributed by atoms with Crippen LogP contribution in [0.3, 0.4) is 0 Å². The third-order valence-electron chi connectivity index (χ3n) is 3.24. The van der Waals surface area contributed by atoms with Gasteiger partial charge >= 0.3 is 0 Å². The number of likely N-dealkylation sites (N-methyl/N-ethyl adjacent to an activating group) is 1. The molecule has 0 aliphatic rings. The summed E-state index contributed by atoms with van der Waals surface area (Å²) in [7, 11) is 2.01. The second-order valence-electron chi connectivity index (χ2n) is 4.71. The molecular formula is C15H20N2S. The van der Waals surface area contributed by atoms with Crippen LogP contribution in [0.4, 0.5) is 0 Å². The van der Waals surface area contributed by atoms with E-state index < -0.39 is 0 Å². The summed E-state index contributed by atoms with van der Waals surface area (Å²) in [5, 5.41) is 4.60. The Balaban J connectivity index is 2.19. The zero-order valence-electron chi connectivity index (χ0n) is 11.4. The molecule has 0 saturated carbocycles. The van der Waals surface area contributed by atoms with E-state index in [2.05, 4.69) is 55.3 Å². The third-order valence-corrected chi connectivity index (χ3v) is 4.34. The molecule has 96 valence electrons. The van der Waals surface area contributed by atoms with Crippen molar-refractivity contribution in [3.8, 4) is 0 Å². The fourth-order valence-electron chi connectivity index (χ4n) is 2.07. The van der Waals surface area contributed by atoms with Gasteiger partial charge in [0.05, 0.1) is 10.7 Å². The van der Waals surface area contributed by atoms with Crippen LogP contribution in [0, 0.1) is 20.8 Å². The van der Waals surface area contributed by atoms with Gasteiger partial charge in [0.2, 0.25) is 0 Å². The van der Waals surface area contributed by atoms with Gasteiger partial charge in [0, 0.05) is 17.3 Å². The van der Waals surface area contributed by atoms with Gasteiger partial charge in [-0.05, 0) is 33.4 Å². The molecule has 0 fully saturated rings. The second kappa shape index (κ2) is 5.63. The molecule has 0 radical (unpaired) electrons. The van der Waals surface area contributed by atoms with E-state index in [1.54, 1.807) is 11.3 Å². The summed E-state index contributed by atoms with van der Waals surface area (Å²) in [6.07, 6.45) is 0.958. The molecule has 1 aromatic carbocycles. The van der Waals surface area contributed by atoms with Crippen molar-refractivity contribution >= 4 is 11.3 Å². The van der Waals surface area contributed by atoms with Crippen molar-refractivity contribution in [2.45, 2.75) is 33.2 Å². The van der Waals surface area contributed by atoms with Crippen LogP contribution >= 0.6 is 11.3 Å². The number of hydrogen-bond acceptors (Lipinski definition) is 3. The SMILES string of the molecule is CNC(Cc1nc(C)c(C)s1)c1cccc(C)c1. The van der Waals surface area contributed by atoms with E-state index in [1.165, 1.54) is 21.0 Å². The summed E-state index contributed by atoms with van der Waals surface area (Å²) in [6, 6.07) is 9.02. The second-order valence-corrected chi connectivity index (χ2v) is 6.00. The predicted octanol–water partition coefficient (Wildman–Crippen LogP) is 3.57. The Hall–Kier alpha value is -1.19. The number of aryl methyl sites for hydroxylation is 3. The van der Waals surface area contributed by atoms with Crippen LogP contribution in [0.1, 0.15) is 32.7 Å². The van der Waals surface area contributed by atoms with Gasteiger partial charge in [-0.1, -0.05) is 29.8 Å². The molecule has 0 spiro atoms. The minimum Gasteiger partial charge on any atom is -0.313 e. The van der Waals surface area contributed by atoms with E-state index in [9.17, 15) is 0 Å². The molecule has 1 N–H and O–H groups in total. The van der Waals surface area contributed by atoms with Crippen molar-refractivity contribution in [3.05, 3.63) is 51.0 Å². The van der Waals surface area contributed by atoms with Gasteiger partial charge in [-0.3, -0.25) is 0 Å². The zero-order chi connectivity index (χ0) is 13.1. The summed E-state index contributed by atoms with van der Waals surface area (Å²) in [5.41, 5.74) is 3.80. The van der Waals surface area contributed by atoms with Gasteiger partial charge in [-0.25, -0.2) is 4.98 Å². The normalized spacial score (nSPS) is 12.7. The first-order valence-electron chi connectivity index (χ1n) is 6.27. The summed E-state index contributed by atoms with van der Waals surface area (Å²) in [6.45, 7) is 6.35. The summed E-state index contributed by atoms with van der Waals surface area (Å²) in [5.74, 6) is 0. The Morgan fingerprint density at radius 3 is 2.61 bits per heavy atom. The molecule has 1 atom stereocenters. The highest BCUT2D eigenvalue weighted by atomic mass is 32.1. The minimum atomic E-state index is 0.342. The van der Waals surface area contributed by atoms with Crippen LogP contribution in [0.2, 0.25) is 0 Å². The lowest BCUT2D eigenvalue weighted by Gasteiger charge is -2.15. The van der Waals surface area contributed by atoms with E-state index >= 15 is 0 Å². The van der Waals surface area contributed by atoms with Gasteiger partial charge in [-0.2, -0.15) is 0 Å². The molecule has 1 heterocycles. The molecule has 0 aliphatic carbocycles. The largest absolute Gasteiger partial charge is 0.313 e. The fraction of sp³-hybridized carbons (Fsp3) is 0.400. The predicted molar refractivity (Wildman–Crippen MR) is 78.3 cm³/mol. The summed E-state index contributed by atoms with van der Waals surface area (Å²) < 4.78 is 0. The number of benzene rings is 1. The van der Waals surface area contributed by atoms with Crippen molar-refractivity contribution < 1.29 is 0 Å². The fourth-order valence-corrected chi connectivity index (χ4v) is 3.05. The maximum Gasteiger partial charge on any atom is 0.0949 e. The highest BCUT2D eigenvalue weighted by Crippen LogP contribution is 2.23. The van der Waals surface area contributed by atoms with Gasteiger partial charge in [0.1, 0.15) is 0 Å². The van der Waals surface area contributed by atoms with E-state index in [1.807, 2.05) is 7.05 Å². The Bertz CT molecular complexity index is 512. The van der Waals surface area contributed by atoms with Crippen molar-refractivity contribution in [3.63, 3.8) is 0 Å².